The van der Waals surface area contributed by atoms with Crippen LogP contribution in [0.1, 0.15) is 29.8 Å². The summed E-state index contributed by atoms with van der Waals surface area (Å²) in [6.45, 7) is 1.26. The standard InChI is InChI=1S/C18H20N2OS/c21-18(16-9-5-2-6-10-16)20(14-17-19-11-12-22-17)13-15-7-3-1-4-8-15/h1-5,7-8,11-12,16H,6,9-10,13-14H2/t16-/m1/s1. The fraction of sp³-hybridized carbons (Fsp3) is 0.333. The van der Waals surface area contributed by atoms with Crippen LogP contribution in [-0.4, -0.2) is 15.8 Å². The van der Waals surface area contributed by atoms with E-state index in [2.05, 4.69) is 29.3 Å². The van der Waals surface area contributed by atoms with Crippen LogP contribution in [0, 0.1) is 5.92 Å². The first-order chi connectivity index (χ1) is 10.8. The molecule has 0 saturated carbocycles. The van der Waals surface area contributed by atoms with Gasteiger partial charge in [-0.3, -0.25) is 4.79 Å². The molecule has 0 fully saturated rings. The van der Waals surface area contributed by atoms with E-state index in [4.69, 9.17) is 0 Å². The molecule has 1 aliphatic carbocycles. The van der Waals surface area contributed by atoms with Crippen molar-refractivity contribution in [3.05, 3.63) is 64.6 Å². The van der Waals surface area contributed by atoms with Gasteiger partial charge in [0.1, 0.15) is 5.01 Å². The zero-order chi connectivity index (χ0) is 15.2. The number of aromatic nitrogens is 1. The van der Waals surface area contributed by atoms with Crippen molar-refractivity contribution in [3.63, 3.8) is 0 Å². The third-order valence-corrected chi connectivity index (χ3v) is 4.72. The molecule has 0 aliphatic heterocycles. The second kappa shape index (κ2) is 7.36. The van der Waals surface area contributed by atoms with Gasteiger partial charge in [0.2, 0.25) is 5.91 Å². The van der Waals surface area contributed by atoms with E-state index in [0.717, 1.165) is 24.3 Å². The van der Waals surface area contributed by atoms with Gasteiger partial charge in [-0.15, -0.1) is 11.3 Å². The van der Waals surface area contributed by atoms with Crippen molar-refractivity contribution in [3.8, 4) is 0 Å². The highest BCUT2D eigenvalue weighted by atomic mass is 32.1. The predicted octanol–water partition coefficient (Wildman–Crippen LogP) is 4.03. The van der Waals surface area contributed by atoms with E-state index in [1.807, 2.05) is 28.5 Å². The van der Waals surface area contributed by atoms with Gasteiger partial charge in [-0.25, -0.2) is 4.98 Å². The van der Waals surface area contributed by atoms with Crippen molar-refractivity contribution in [2.45, 2.75) is 32.4 Å². The third kappa shape index (κ3) is 3.83. The second-order valence-corrected chi connectivity index (χ2v) is 6.57. The van der Waals surface area contributed by atoms with Crippen LogP contribution in [0.5, 0.6) is 0 Å². The maximum Gasteiger partial charge on any atom is 0.226 e. The Balaban J connectivity index is 1.75. The van der Waals surface area contributed by atoms with Crippen molar-refractivity contribution in [2.75, 3.05) is 0 Å². The summed E-state index contributed by atoms with van der Waals surface area (Å²) >= 11 is 1.61. The first-order valence-electron chi connectivity index (χ1n) is 7.69. The molecule has 1 aromatic heterocycles. The maximum atomic E-state index is 12.9. The van der Waals surface area contributed by atoms with Gasteiger partial charge in [0.05, 0.1) is 6.54 Å². The van der Waals surface area contributed by atoms with Crippen molar-refractivity contribution in [1.82, 2.24) is 9.88 Å². The van der Waals surface area contributed by atoms with Crippen LogP contribution in [-0.2, 0) is 17.9 Å². The van der Waals surface area contributed by atoms with Gasteiger partial charge < -0.3 is 4.90 Å². The van der Waals surface area contributed by atoms with Crippen LogP contribution in [0.3, 0.4) is 0 Å². The van der Waals surface area contributed by atoms with E-state index in [1.165, 1.54) is 5.56 Å². The number of thiazole rings is 1. The lowest BCUT2D eigenvalue weighted by Gasteiger charge is -2.27. The number of carbonyl (C=O) groups excluding carboxylic acids is 1. The van der Waals surface area contributed by atoms with Gasteiger partial charge in [0.15, 0.2) is 0 Å². The van der Waals surface area contributed by atoms with Crippen molar-refractivity contribution < 1.29 is 4.79 Å². The Morgan fingerprint density at radius 3 is 2.77 bits per heavy atom. The molecule has 4 heteroatoms. The van der Waals surface area contributed by atoms with Crippen LogP contribution in [0.25, 0.3) is 0 Å². The fourth-order valence-electron chi connectivity index (χ4n) is 2.79. The fourth-order valence-corrected chi connectivity index (χ4v) is 3.42. The van der Waals surface area contributed by atoms with E-state index in [0.29, 0.717) is 13.1 Å². The third-order valence-electron chi connectivity index (χ3n) is 3.96. The predicted molar refractivity (Wildman–Crippen MR) is 89.3 cm³/mol. The molecule has 1 atom stereocenters. The van der Waals surface area contributed by atoms with Crippen LogP contribution in [0.15, 0.2) is 54.1 Å². The van der Waals surface area contributed by atoms with Crippen molar-refractivity contribution in [1.29, 1.82) is 0 Å². The molecule has 0 bridgehead atoms. The minimum Gasteiger partial charge on any atom is -0.331 e. The normalized spacial score (nSPS) is 17.4. The average Bonchev–Trinajstić information content (AvgIpc) is 3.08. The molecule has 1 aromatic carbocycles. The molecule has 0 saturated heterocycles. The number of hydrogen-bond donors (Lipinski definition) is 0. The quantitative estimate of drug-likeness (QED) is 0.781. The molecular weight excluding hydrogens is 292 g/mol. The Morgan fingerprint density at radius 2 is 2.09 bits per heavy atom. The number of carbonyl (C=O) groups is 1. The zero-order valence-corrected chi connectivity index (χ0v) is 13.3. The SMILES string of the molecule is O=C([C@@H]1CC=CCC1)N(Cc1ccccc1)Cc1nccs1. The van der Waals surface area contributed by atoms with Gasteiger partial charge in [0, 0.05) is 24.0 Å². The summed E-state index contributed by atoms with van der Waals surface area (Å²) in [4.78, 5) is 19.2. The number of benzene rings is 1. The summed E-state index contributed by atoms with van der Waals surface area (Å²) in [5, 5.41) is 2.96. The van der Waals surface area contributed by atoms with E-state index in [9.17, 15) is 4.79 Å². The highest BCUT2D eigenvalue weighted by molar-refractivity contribution is 7.09. The number of allylic oxidation sites excluding steroid dienone is 2. The van der Waals surface area contributed by atoms with Gasteiger partial charge in [-0.2, -0.15) is 0 Å². The molecule has 3 rings (SSSR count). The minimum absolute atomic E-state index is 0.119. The van der Waals surface area contributed by atoms with Crippen LogP contribution in [0.2, 0.25) is 0 Å². The average molecular weight is 312 g/mol. The van der Waals surface area contributed by atoms with E-state index in [1.54, 1.807) is 17.5 Å². The smallest absolute Gasteiger partial charge is 0.226 e. The summed E-state index contributed by atoms with van der Waals surface area (Å²) in [6.07, 6.45) is 8.93. The van der Waals surface area contributed by atoms with E-state index >= 15 is 0 Å². The Hall–Kier alpha value is -1.94. The van der Waals surface area contributed by atoms with Gasteiger partial charge in [0.25, 0.3) is 0 Å². The van der Waals surface area contributed by atoms with Crippen molar-refractivity contribution >= 4 is 17.2 Å². The number of amides is 1. The van der Waals surface area contributed by atoms with E-state index in [-0.39, 0.29) is 11.8 Å². The highest BCUT2D eigenvalue weighted by Crippen LogP contribution is 2.23. The van der Waals surface area contributed by atoms with Crippen LogP contribution >= 0.6 is 11.3 Å². The molecule has 3 nitrogen and oxygen atoms in total. The molecule has 0 N–H and O–H groups in total. The summed E-state index contributed by atoms with van der Waals surface area (Å²) in [5.74, 6) is 0.372. The van der Waals surface area contributed by atoms with Gasteiger partial charge >= 0.3 is 0 Å². The topological polar surface area (TPSA) is 33.2 Å². The van der Waals surface area contributed by atoms with Crippen molar-refractivity contribution in [2.24, 2.45) is 5.92 Å². The Bertz CT molecular complexity index is 622. The molecule has 1 aliphatic rings. The molecule has 0 spiro atoms. The lowest BCUT2D eigenvalue weighted by atomic mass is 9.93. The summed E-state index contributed by atoms with van der Waals surface area (Å²) < 4.78 is 0. The largest absolute Gasteiger partial charge is 0.331 e. The Morgan fingerprint density at radius 1 is 1.23 bits per heavy atom. The molecule has 1 heterocycles. The first kappa shape index (κ1) is 15.0. The minimum atomic E-state index is 0.119. The number of hydrogen-bond acceptors (Lipinski definition) is 3. The van der Waals surface area contributed by atoms with Gasteiger partial charge in [-0.1, -0.05) is 42.5 Å². The molecular formula is C18H20N2OS. The molecule has 0 radical (unpaired) electrons. The van der Waals surface area contributed by atoms with Crippen LogP contribution < -0.4 is 0 Å². The highest BCUT2D eigenvalue weighted by Gasteiger charge is 2.25. The first-order valence-corrected chi connectivity index (χ1v) is 8.57. The lowest BCUT2D eigenvalue weighted by molar-refractivity contribution is -0.137. The molecule has 2 aromatic rings. The summed E-state index contributed by atoms with van der Waals surface area (Å²) in [5.41, 5.74) is 1.17. The molecule has 0 unspecified atom stereocenters. The molecule has 22 heavy (non-hydrogen) atoms. The zero-order valence-electron chi connectivity index (χ0n) is 12.5. The summed E-state index contributed by atoms with van der Waals surface area (Å²) in [6, 6.07) is 10.2. The van der Waals surface area contributed by atoms with E-state index < -0.39 is 0 Å². The second-order valence-electron chi connectivity index (χ2n) is 5.59. The molecule has 114 valence electrons. The Kier molecular flexibility index (Phi) is 5.01. The molecule has 1 amide bonds. The monoisotopic (exact) mass is 312 g/mol. The van der Waals surface area contributed by atoms with Gasteiger partial charge in [-0.05, 0) is 24.8 Å². The number of rotatable bonds is 5. The van der Waals surface area contributed by atoms with Crippen LogP contribution in [0.4, 0.5) is 0 Å². The lowest BCUT2D eigenvalue weighted by Crippen LogP contribution is -2.35. The summed E-state index contributed by atoms with van der Waals surface area (Å²) in [7, 11) is 0. The number of nitrogens with zero attached hydrogens (tertiary/aromatic N) is 2. The maximum absolute atomic E-state index is 12.9. The Labute approximate surface area is 135 Å².